The van der Waals surface area contributed by atoms with E-state index in [1.165, 1.54) is 0 Å². The highest BCUT2D eigenvalue weighted by molar-refractivity contribution is 5.20. The molecule has 1 heterocycles. The van der Waals surface area contributed by atoms with Crippen LogP contribution in [0.1, 0.15) is 12.8 Å². The highest BCUT2D eigenvalue weighted by Gasteiger charge is 2.85. The first-order chi connectivity index (χ1) is 9.13. The summed E-state index contributed by atoms with van der Waals surface area (Å²) in [6.07, 6.45) is -11.8. The van der Waals surface area contributed by atoms with Crippen LogP contribution in [0.3, 0.4) is 0 Å². The van der Waals surface area contributed by atoms with Crippen molar-refractivity contribution in [2.45, 2.75) is 43.0 Å². The predicted molar refractivity (Wildman–Crippen MR) is 54.5 cm³/mol. The van der Waals surface area contributed by atoms with Crippen molar-refractivity contribution in [2.75, 3.05) is 0 Å². The van der Waals surface area contributed by atoms with Gasteiger partial charge in [0.15, 0.2) is 0 Å². The average Bonchev–Trinajstić information content (AvgIpc) is 2.84. The summed E-state index contributed by atoms with van der Waals surface area (Å²) in [6.45, 7) is 3.24. The third-order valence-electron chi connectivity index (χ3n) is 4.77. The zero-order chi connectivity index (χ0) is 14.9. The Morgan fingerprint density at radius 3 is 2.20 bits per heavy atom. The molecular weight excluding hydrogens is 290 g/mol. The Bertz CT molecular complexity index is 413. The molecule has 8 heteroatoms. The third kappa shape index (κ3) is 1.46. The number of halogens is 6. The summed E-state index contributed by atoms with van der Waals surface area (Å²) < 4.78 is 88.9. The summed E-state index contributed by atoms with van der Waals surface area (Å²) in [5, 5.41) is 0. The van der Waals surface area contributed by atoms with Crippen molar-refractivity contribution < 1.29 is 35.8 Å². The molecule has 0 aromatic rings. The standard InChI is InChI=1S/C12H12F6O2/c1-2-19-9-5-3-6-7(4-5)20-10(8(6)9,11(13,14)15)12(16,17)18/h2,5-9H,1,3-4H2/t5-,6-,7?,8?,9?/m0/s1. The quantitative estimate of drug-likeness (QED) is 0.575. The van der Waals surface area contributed by atoms with Gasteiger partial charge in [-0.05, 0) is 24.7 Å². The van der Waals surface area contributed by atoms with E-state index in [-0.39, 0.29) is 18.8 Å². The number of hydrogen-bond acceptors (Lipinski definition) is 2. The Kier molecular flexibility index (Phi) is 2.69. The van der Waals surface area contributed by atoms with E-state index in [1.54, 1.807) is 0 Å². The highest BCUT2D eigenvalue weighted by Crippen LogP contribution is 2.68. The van der Waals surface area contributed by atoms with Crippen LogP contribution < -0.4 is 0 Å². The van der Waals surface area contributed by atoms with E-state index >= 15 is 0 Å². The van der Waals surface area contributed by atoms with Crippen LogP contribution in [0.4, 0.5) is 26.3 Å². The lowest BCUT2D eigenvalue weighted by Crippen LogP contribution is -2.62. The molecule has 0 aromatic carbocycles. The van der Waals surface area contributed by atoms with Crippen molar-refractivity contribution in [3.05, 3.63) is 12.8 Å². The normalized spacial score (nSPS) is 42.0. The molecule has 3 aliphatic rings. The zero-order valence-electron chi connectivity index (χ0n) is 10.2. The minimum atomic E-state index is -5.52. The maximum Gasteiger partial charge on any atom is 0.426 e. The van der Waals surface area contributed by atoms with Crippen LogP contribution in [0.5, 0.6) is 0 Å². The van der Waals surface area contributed by atoms with E-state index in [1.807, 2.05) is 0 Å². The van der Waals surface area contributed by atoms with Gasteiger partial charge < -0.3 is 9.47 Å². The summed E-state index contributed by atoms with van der Waals surface area (Å²) >= 11 is 0. The molecule has 114 valence electrons. The van der Waals surface area contributed by atoms with E-state index in [9.17, 15) is 26.3 Å². The lowest BCUT2D eigenvalue weighted by Gasteiger charge is -2.39. The second-order valence-electron chi connectivity index (χ2n) is 5.58. The van der Waals surface area contributed by atoms with Crippen molar-refractivity contribution in [2.24, 2.45) is 17.8 Å². The summed E-state index contributed by atoms with van der Waals surface area (Å²) in [7, 11) is 0. The molecule has 3 rings (SSSR count). The first-order valence-corrected chi connectivity index (χ1v) is 6.21. The van der Waals surface area contributed by atoms with Crippen LogP contribution in [0.2, 0.25) is 0 Å². The molecule has 2 aliphatic carbocycles. The van der Waals surface area contributed by atoms with Crippen molar-refractivity contribution in [3.63, 3.8) is 0 Å². The molecule has 2 bridgehead atoms. The van der Waals surface area contributed by atoms with Crippen molar-refractivity contribution >= 4 is 0 Å². The molecule has 2 saturated carbocycles. The minimum Gasteiger partial charge on any atom is -0.498 e. The molecular formula is C12H12F6O2. The number of alkyl halides is 6. The maximum atomic E-state index is 13.2. The molecule has 1 saturated heterocycles. The first-order valence-electron chi connectivity index (χ1n) is 6.21. The van der Waals surface area contributed by atoms with Gasteiger partial charge in [0.25, 0.3) is 5.60 Å². The van der Waals surface area contributed by atoms with Crippen LogP contribution >= 0.6 is 0 Å². The first kappa shape index (κ1) is 14.0. The number of hydrogen-bond donors (Lipinski definition) is 0. The molecule has 2 nitrogen and oxygen atoms in total. The molecule has 20 heavy (non-hydrogen) atoms. The fraction of sp³-hybridized carbons (Fsp3) is 0.833. The average molecular weight is 302 g/mol. The van der Waals surface area contributed by atoms with Crippen LogP contribution in [-0.4, -0.2) is 30.2 Å². The summed E-state index contributed by atoms with van der Waals surface area (Å²) in [5.41, 5.74) is -4.12. The summed E-state index contributed by atoms with van der Waals surface area (Å²) in [5.74, 6) is -2.84. The van der Waals surface area contributed by atoms with Gasteiger partial charge in [0.05, 0.1) is 12.4 Å². The zero-order valence-corrected chi connectivity index (χ0v) is 10.2. The van der Waals surface area contributed by atoms with E-state index in [0.29, 0.717) is 0 Å². The van der Waals surface area contributed by atoms with E-state index in [2.05, 4.69) is 11.3 Å². The Morgan fingerprint density at radius 2 is 1.70 bits per heavy atom. The number of rotatable bonds is 2. The fourth-order valence-electron chi connectivity index (χ4n) is 4.22. The van der Waals surface area contributed by atoms with Crippen LogP contribution in [-0.2, 0) is 9.47 Å². The molecule has 0 N–H and O–H groups in total. The lowest BCUT2D eigenvalue weighted by molar-refractivity contribution is -0.387. The van der Waals surface area contributed by atoms with Crippen molar-refractivity contribution in [1.82, 2.24) is 0 Å². The number of ether oxygens (including phenoxy) is 2. The fourth-order valence-corrected chi connectivity index (χ4v) is 4.22. The van der Waals surface area contributed by atoms with Crippen LogP contribution in [0.25, 0.3) is 0 Å². The van der Waals surface area contributed by atoms with Gasteiger partial charge in [-0.2, -0.15) is 26.3 Å². The van der Waals surface area contributed by atoms with Gasteiger partial charge in [-0.15, -0.1) is 0 Å². The van der Waals surface area contributed by atoms with Gasteiger partial charge in [0.2, 0.25) is 0 Å². The van der Waals surface area contributed by atoms with Gasteiger partial charge in [0.1, 0.15) is 6.10 Å². The summed E-state index contributed by atoms with van der Waals surface area (Å²) in [4.78, 5) is 0. The predicted octanol–water partition coefficient (Wildman–Crippen LogP) is 3.43. The molecule has 0 aromatic heterocycles. The van der Waals surface area contributed by atoms with Gasteiger partial charge in [-0.3, -0.25) is 0 Å². The van der Waals surface area contributed by atoms with E-state index < -0.39 is 42.0 Å². The molecule has 3 unspecified atom stereocenters. The maximum absolute atomic E-state index is 13.2. The Balaban J connectivity index is 2.10. The Hall–Kier alpha value is -0.920. The van der Waals surface area contributed by atoms with Crippen LogP contribution in [0.15, 0.2) is 12.8 Å². The Labute approximate surface area is 110 Å². The smallest absolute Gasteiger partial charge is 0.426 e. The molecule has 3 fully saturated rings. The van der Waals surface area contributed by atoms with E-state index in [0.717, 1.165) is 6.26 Å². The van der Waals surface area contributed by atoms with Crippen LogP contribution in [0, 0.1) is 17.8 Å². The van der Waals surface area contributed by atoms with Gasteiger partial charge in [-0.25, -0.2) is 0 Å². The summed E-state index contributed by atoms with van der Waals surface area (Å²) in [6, 6.07) is 0. The van der Waals surface area contributed by atoms with E-state index in [4.69, 9.17) is 4.74 Å². The van der Waals surface area contributed by atoms with Crippen molar-refractivity contribution in [3.8, 4) is 0 Å². The second-order valence-corrected chi connectivity index (χ2v) is 5.58. The SMILES string of the molecule is C=COC1C2[C@H]3C[C@H]1CC3OC2(C(F)(F)F)C(F)(F)F. The second kappa shape index (κ2) is 3.84. The lowest BCUT2D eigenvalue weighted by atomic mass is 9.76. The van der Waals surface area contributed by atoms with Crippen molar-refractivity contribution in [1.29, 1.82) is 0 Å². The topological polar surface area (TPSA) is 18.5 Å². The monoisotopic (exact) mass is 302 g/mol. The van der Waals surface area contributed by atoms with Gasteiger partial charge in [-0.1, -0.05) is 6.58 Å². The molecule has 0 spiro atoms. The molecule has 0 radical (unpaired) electrons. The largest absolute Gasteiger partial charge is 0.498 e. The number of fused-ring (bicyclic) bond motifs is 1. The van der Waals surface area contributed by atoms with Gasteiger partial charge in [0, 0.05) is 5.92 Å². The molecule has 1 aliphatic heterocycles. The molecule has 0 amide bonds. The Morgan fingerprint density at radius 1 is 1.10 bits per heavy atom. The highest BCUT2D eigenvalue weighted by atomic mass is 19.4. The minimum absolute atomic E-state index is 0.174. The van der Waals surface area contributed by atoms with Gasteiger partial charge >= 0.3 is 12.4 Å². The molecule has 5 atom stereocenters. The third-order valence-corrected chi connectivity index (χ3v) is 4.77.